The van der Waals surface area contributed by atoms with Crippen molar-refractivity contribution in [3.63, 3.8) is 0 Å². The molecule has 0 unspecified atom stereocenters. The van der Waals surface area contributed by atoms with Gasteiger partial charge in [-0.15, -0.1) is 0 Å². The van der Waals surface area contributed by atoms with Gasteiger partial charge in [-0.3, -0.25) is 14.9 Å². The number of aryl methyl sites for hydroxylation is 2. The van der Waals surface area contributed by atoms with E-state index in [0.717, 1.165) is 16.6 Å². The number of nitro benzene ring substituents is 1. The number of nitrogens with zero attached hydrogens (tertiary/aromatic N) is 2. The molecule has 0 aliphatic heterocycles. The molecule has 0 saturated carbocycles. The number of nitrogens with one attached hydrogen (secondary N) is 1. The van der Waals surface area contributed by atoms with Crippen molar-refractivity contribution < 1.29 is 18.9 Å². The Balaban J connectivity index is 1.59. The number of aromatic nitrogens is 1. The molecule has 1 heterocycles. The second-order valence-corrected chi connectivity index (χ2v) is 7.51. The standard InChI is InChI=1S/C25H21N3O5/c1-15-11-20-23(12-16(15)2)33-25(27-20)18-8-9-22(32-3)21(14-18)26-24(29)10-7-17-5-4-6-19(13-17)28(30)31/h4-14H,1-3H3,(H,26,29)/b10-7+. The molecule has 8 nitrogen and oxygen atoms in total. The maximum atomic E-state index is 12.5. The van der Waals surface area contributed by atoms with Gasteiger partial charge in [-0.1, -0.05) is 12.1 Å². The van der Waals surface area contributed by atoms with Gasteiger partial charge >= 0.3 is 0 Å². The number of methoxy groups -OCH3 is 1. The second-order valence-electron chi connectivity index (χ2n) is 7.51. The lowest BCUT2D eigenvalue weighted by Crippen LogP contribution is -2.09. The first kappa shape index (κ1) is 21.8. The lowest BCUT2D eigenvalue weighted by atomic mass is 10.1. The molecule has 0 radical (unpaired) electrons. The van der Waals surface area contributed by atoms with Gasteiger partial charge in [-0.25, -0.2) is 4.98 Å². The smallest absolute Gasteiger partial charge is 0.270 e. The van der Waals surface area contributed by atoms with Crippen molar-refractivity contribution in [2.24, 2.45) is 0 Å². The number of hydrogen-bond donors (Lipinski definition) is 1. The first-order valence-electron chi connectivity index (χ1n) is 10.1. The minimum absolute atomic E-state index is 0.0457. The molecular weight excluding hydrogens is 422 g/mol. The highest BCUT2D eigenvalue weighted by Crippen LogP contribution is 2.32. The fourth-order valence-electron chi connectivity index (χ4n) is 3.33. The zero-order valence-electron chi connectivity index (χ0n) is 18.3. The molecule has 0 aliphatic carbocycles. The van der Waals surface area contributed by atoms with Crippen LogP contribution in [0.25, 0.3) is 28.6 Å². The van der Waals surface area contributed by atoms with Crippen molar-refractivity contribution in [2.45, 2.75) is 13.8 Å². The van der Waals surface area contributed by atoms with E-state index in [4.69, 9.17) is 9.15 Å². The summed E-state index contributed by atoms with van der Waals surface area (Å²) in [7, 11) is 1.51. The third-order valence-electron chi connectivity index (χ3n) is 5.22. The van der Waals surface area contributed by atoms with Crippen molar-refractivity contribution in [1.29, 1.82) is 0 Å². The number of nitro groups is 1. The van der Waals surface area contributed by atoms with Crippen LogP contribution in [0.3, 0.4) is 0 Å². The average molecular weight is 443 g/mol. The maximum absolute atomic E-state index is 12.5. The molecule has 0 spiro atoms. The summed E-state index contributed by atoms with van der Waals surface area (Å²) in [5.41, 5.74) is 5.30. The zero-order chi connectivity index (χ0) is 23.5. The highest BCUT2D eigenvalue weighted by molar-refractivity contribution is 6.03. The van der Waals surface area contributed by atoms with Crippen molar-refractivity contribution in [1.82, 2.24) is 4.98 Å². The molecule has 1 aromatic heterocycles. The molecule has 0 bridgehead atoms. The largest absolute Gasteiger partial charge is 0.495 e. The molecular formula is C25H21N3O5. The summed E-state index contributed by atoms with van der Waals surface area (Å²) in [4.78, 5) is 27.5. The Morgan fingerprint density at radius 1 is 1.12 bits per heavy atom. The predicted octanol–water partition coefficient (Wildman–Crippen LogP) is 5.68. The Labute approximate surface area is 189 Å². The molecule has 1 amide bonds. The van der Waals surface area contributed by atoms with Gasteiger partial charge in [-0.05, 0) is 66.9 Å². The number of carbonyl (C=O) groups excluding carboxylic acids is 1. The van der Waals surface area contributed by atoms with E-state index < -0.39 is 10.8 Å². The molecule has 0 fully saturated rings. The number of rotatable bonds is 6. The molecule has 166 valence electrons. The lowest BCUT2D eigenvalue weighted by Gasteiger charge is -2.10. The number of oxazole rings is 1. The van der Waals surface area contributed by atoms with Gasteiger partial charge < -0.3 is 14.5 Å². The van der Waals surface area contributed by atoms with E-state index in [2.05, 4.69) is 10.3 Å². The summed E-state index contributed by atoms with van der Waals surface area (Å²) < 4.78 is 11.3. The van der Waals surface area contributed by atoms with Crippen LogP contribution >= 0.6 is 0 Å². The van der Waals surface area contributed by atoms with E-state index in [0.29, 0.717) is 34.0 Å². The summed E-state index contributed by atoms with van der Waals surface area (Å²) in [6, 6.07) is 15.2. The number of anilines is 1. The molecule has 8 heteroatoms. The van der Waals surface area contributed by atoms with Crippen LogP contribution in [0.4, 0.5) is 11.4 Å². The number of amides is 1. The van der Waals surface area contributed by atoms with E-state index in [1.807, 2.05) is 26.0 Å². The lowest BCUT2D eigenvalue weighted by molar-refractivity contribution is -0.384. The summed E-state index contributed by atoms with van der Waals surface area (Å²) in [6.07, 6.45) is 2.81. The molecule has 0 saturated heterocycles. The van der Waals surface area contributed by atoms with Gasteiger partial charge in [0.1, 0.15) is 11.3 Å². The van der Waals surface area contributed by atoms with Crippen LogP contribution in [0.1, 0.15) is 16.7 Å². The number of hydrogen-bond acceptors (Lipinski definition) is 6. The van der Waals surface area contributed by atoms with Crippen LogP contribution in [-0.2, 0) is 4.79 Å². The molecule has 0 atom stereocenters. The Bertz CT molecular complexity index is 1370. The number of ether oxygens (including phenoxy) is 1. The summed E-state index contributed by atoms with van der Waals surface area (Å²) in [6.45, 7) is 4.03. The molecule has 4 aromatic rings. The van der Waals surface area contributed by atoms with Gasteiger partial charge in [0.2, 0.25) is 11.8 Å². The molecule has 4 rings (SSSR count). The SMILES string of the molecule is COc1ccc(-c2nc3cc(C)c(C)cc3o2)cc1NC(=O)/C=C/c1cccc([N+](=O)[O-])c1. The number of fused-ring (bicyclic) bond motifs is 1. The van der Waals surface area contributed by atoms with Crippen LogP contribution in [0.5, 0.6) is 5.75 Å². The third kappa shape index (κ3) is 4.74. The third-order valence-corrected chi connectivity index (χ3v) is 5.22. The van der Waals surface area contributed by atoms with Crippen molar-refractivity contribution in [3.8, 4) is 17.2 Å². The van der Waals surface area contributed by atoms with Gasteiger partial charge in [0, 0.05) is 23.8 Å². The first-order valence-corrected chi connectivity index (χ1v) is 10.1. The Morgan fingerprint density at radius 2 is 1.91 bits per heavy atom. The highest BCUT2D eigenvalue weighted by Gasteiger charge is 2.14. The zero-order valence-corrected chi connectivity index (χ0v) is 18.3. The van der Waals surface area contributed by atoms with E-state index in [1.165, 1.54) is 31.4 Å². The van der Waals surface area contributed by atoms with Crippen molar-refractivity contribution >= 4 is 34.5 Å². The number of non-ortho nitro benzene ring substituents is 1. The Morgan fingerprint density at radius 3 is 2.67 bits per heavy atom. The van der Waals surface area contributed by atoms with Crippen LogP contribution < -0.4 is 10.1 Å². The Hall–Kier alpha value is -4.46. The normalized spacial score (nSPS) is 11.1. The van der Waals surface area contributed by atoms with Gasteiger partial charge in [-0.2, -0.15) is 0 Å². The van der Waals surface area contributed by atoms with E-state index >= 15 is 0 Å². The van der Waals surface area contributed by atoms with Gasteiger partial charge in [0.15, 0.2) is 5.58 Å². The van der Waals surface area contributed by atoms with Crippen LogP contribution in [-0.4, -0.2) is 22.9 Å². The predicted molar refractivity (Wildman–Crippen MR) is 126 cm³/mol. The summed E-state index contributed by atoms with van der Waals surface area (Å²) in [5.74, 6) is 0.486. The van der Waals surface area contributed by atoms with Crippen LogP contribution in [0.15, 0.2) is 65.1 Å². The van der Waals surface area contributed by atoms with Gasteiger partial charge in [0.05, 0.1) is 17.7 Å². The van der Waals surface area contributed by atoms with E-state index in [1.54, 1.807) is 30.3 Å². The minimum Gasteiger partial charge on any atom is -0.495 e. The topological polar surface area (TPSA) is 108 Å². The molecule has 3 aromatic carbocycles. The van der Waals surface area contributed by atoms with Crippen molar-refractivity contribution in [2.75, 3.05) is 12.4 Å². The number of benzene rings is 3. The van der Waals surface area contributed by atoms with Crippen LogP contribution in [0, 0.1) is 24.0 Å². The fraction of sp³-hybridized carbons (Fsp3) is 0.120. The summed E-state index contributed by atoms with van der Waals surface area (Å²) >= 11 is 0. The highest BCUT2D eigenvalue weighted by atomic mass is 16.6. The average Bonchev–Trinajstić information content (AvgIpc) is 3.20. The molecule has 0 aliphatic rings. The van der Waals surface area contributed by atoms with Crippen molar-refractivity contribution in [3.05, 3.63) is 87.5 Å². The van der Waals surface area contributed by atoms with Gasteiger partial charge in [0.25, 0.3) is 5.69 Å². The Kier molecular flexibility index (Phi) is 5.91. The number of carbonyl (C=O) groups is 1. The maximum Gasteiger partial charge on any atom is 0.270 e. The van der Waals surface area contributed by atoms with E-state index in [9.17, 15) is 14.9 Å². The molecule has 1 N–H and O–H groups in total. The minimum atomic E-state index is -0.484. The summed E-state index contributed by atoms with van der Waals surface area (Å²) in [5, 5.41) is 13.7. The van der Waals surface area contributed by atoms with Crippen LogP contribution in [0.2, 0.25) is 0 Å². The second kappa shape index (κ2) is 8.96. The molecule has 33 heavy (non-hydrogen) atoms. The fourth-order valence-corrected chi connectivity index (χ4v) is 3.33. The first-order chi connectivity index (χ1) is 15.8. The van der Waals surface area contributed by atoms with E-state index in [-0.39, 0.29) is 5.69 Å². The monoisotopic (exact) mass is 443 g/mol. The quantitative estimate of drug-likeness (QED) is 0.233.